The minimum absolute atomic E-state index is 0. The largest absolute Gasteiger partial charge is 0.495 e. The fraction of sp³-hybridized carbons (Fsp3) is 0.562. The maximum absolute atomic E-state index is 12.4. The molecule has 1 unspecified atom stereocenters. The molecule has 9 heteroatoms. The van der Waals surface area contributed by atoms with E-state index in [4.69, 9.17) is 4.74 Å². The van der Waals surface area contributed by atoms with E-state index >= 15 is 0 Å². The number of carbonyl (C=O) groups excluding carboxylic acids is 1. The van der Waals surface area contributed by atoms with Crippen molar-refractivity contribution in [2.75, 3.05) is 25.5 Å². The normalized spacial score (nSPS) is 20.4. The van der Waals surface area contributed by atoms with Gasteiger partial charge in [-0.1, -0.05) is 0 Å². The molecule has 0 aromatic heterocycles. The Bertz CT molecular complexity index is 716. The van der Waals surface area contributed by atoms with Crippen molar-refractivity contribution in [3.05, 3.63) is 18.2 Å². The number of ether oxygens (including phenoxy) is 1. The summed E-state index contributed by atoms with van der Waals surface area (Å²) in [7, 11) is -2.08. The number of carbonyl (C=O) groups is 1. The van der Waals surface area contributed by atoms with Crippen LogP contribution in [-0.2, 0) is 14.8 Å². The fourth-order valence-corrected chi connectivity index (χ4v) is 4.08. The summed E-state index contributed by atoms with van der Waals surface area (Å²) in [5.41, 5.74) is 0.381. The minimum Gasteiger partial charge on any atom is -0.495 e. The van der Waals surface area contributed by atoms with Crippen LogP contribution in [0.25, 0.3) is 0 Å². The fourth-order valence-electron chi connectivity index (χ4n) is 2.75. The Hall–Kier alpha value is -1.35. The van der Waals surface area contributed by atoms with Crippen molar-refractivity contribution in [1.29, 1.82) is 0 Å². The Morgan fingerprint density at radius 1 is 1.28 bits per heavy atom. The molecule has 1 heterocycles. The molecular formula is C16H24ClN3O4S. The maximum atomic E-state index is 12.4. The summed E-state index contributed by atoms with van der Waals surface area (Å²) in [4.78, 5) is 12.5. The molecular weight excluding hydrogens is 366 g/mol. The highest BCUT2D eigenvalue weighted by Gasteiger charge is 2.29. The number of halogens is 1. The third-order valence-corrected chi connectivity index (χ3v) is 5.82. The molecule has 1 saturated carbocycles. The predicted octanol–water partition coefficient (Wildman–Crippen LogP) is 1.50. The maximum Gasteiger partial charge on any atom is 0.240 e. The van der Waals surface area contributed by atoms with Crippen LogP contribution in [0.5, 0.6) is 5.75 Å². The van der Waals surface area contributed by atoms with Gasteiger partial charge in [0.1, 0.15) is 5.75 Å². The van der Waals surface area contributed by atoms with Crippen LogP contribution in [0.2, 0.25) is 0 Å². The van der Waals surface area contributed by atoms with Crippen molar-refractivity contribution in [2.24, 2.45) is 5.92 Å². The summed E-state index contributed by atoms with van der Waals surface area (Å²) in [5.74, 6) is 0.205. The molecule has 0 spiro atoms. The number of benzene rings is 1. The summed E-state index contributed by atoms with van der Waals surface area (Å²) < 4.78 is 32.6. The summed E-state index contributed by atoms with van der Waals surface area (Å²) in [5, 5.41) is 6.01. The van der Waals surface area contributed by atoms with Crippen molar-refractivity contribution in [1.82, 2.24) is 10.0 Å². The average Bonchev–Trinajstić information content (AvgIpc) is 3.39. The Balaban J connectivity index is 0.00000225. The second kappa shape index (κ2) is 8.35. The minimum atomic E-state index is -3.57. The van der Waals surface area contributed by atoms with Crippen molar-refractivity contribution < 1.29 is 17.9 Å². The summed E-state index contributed by atoms with van der Waals surface area (Å²) in [6.07, 6.45) is 3.51. The molecule has 1 amide bonds. The van der Waals surface area contributed by atoms with Gasteiger partial charge in [-0.2, -0.15) is 0 Å². The first-order chi connectivity index (χ1) is 11.5. The van der Waals surface area contributed by atoms with E-state index in [1.807, 2.05) is 0 Å². The monoisotopic (exact) mass is 389 g/mol. The Morgan fingerprint density at radius 3 is 2.64 bits per heavy atom. The number of piperidine rings is 1. The standard InChI is InChI=1S/C16H23N3O4S.ClH/c1-23-15-7-6-13(24(21,22)19-12-4-5-12)9-14(15)18-16(20)11-3-2-8-17-10-11;/h6-7,9,11-12,17,19H,2-5,8,10H2,1H3,(H,18,20);1H. The molecule has 140 valence electrons. The highest BCUT2D eigenvalue weighted by atomic mass is 35.5. The van der Waals surface area contributed by atoms with E-state index in [1.54, 1.807) is 6.07 Å². The van der Waals surface area contributed by atoms with Crippen molar-refractivity contribution in [2.45, 2.75) is 36.6 Å². The van der Waals surface area contributed by atoms with Gasteiger partial charge in [0.05, 0.1) is 23.6 Å². The molecule has 1 aliphatic heterocycles. The number of methoxy groups -OCH3 is 1. The van der Waals surface area contributed by atoms with Gasteiger partial charge in [-0.15, -0.1) is 12.4 Å². The first kappa shape index (κ1) is 20.0. The molecule has 1 saturated heterocycles. The number of nitrogens with one attached hydrogen (secondary N) is 3. The first-order valence-electron chi connectivity index (χ1n) is 8.21. The van der Waals surface area contributed by atoms with Crippen LogP contribution in [0.3, 0.4) is 0 Å². The molecule has 1 aromatic rings. The van der Waals surface area contributed by atoms with Crippen LogP contribution >= 0.6 is 12.4 Å². The Kier molecular flexibility index (Phi) is 6.67. The van der Waals surface area contributed by atoms with Crippen molar-refractivity contribution in [3.8, 4) is 5.75 Å². The highest BCUT2D eigenvalue weighted by molar-refractivity contribution is 7.89. The number of hydrogen-bond donors (Lipinski definition) is 3. The SMILES string of the molecule is COc1ccc(S(=O)(=O)NC2CC2)cc1NC(=O)C1CCCNC1.Cl. The van der Waals surface area contributed by atoms with E-state index < -0.39 is 10.0 Å². The molecule has 0 radical (unpaired) electrons. The van der Waals surface area contributed by atoms with E-state index in [0.29, 0.717) is 18.0 Å². The van der Waals surface area contributed by atoms with Gasteiger partial charge < -0.3 is 15.4 Å². The molecule has 3 N–H and O–H groups in total. The lowest BCUT2D eigenvalue weighted by Gasteiger charge is -2.22. The molecule has 2 aliphatic rings. The number of rotatable bonds is 6. The Morgan fingerprint density at radius 2 is 2.04 bits per heavy atom. The molecule has 1 aliphatic carbocycles. The summed E-state index contributed by atoms with van der Waals surface area (Å²) in [6, 6.07) is 4.54. The third kappa shape index (κ3) is 5.07. The van der Waals surface area contributed by atoms with Gasteiger partial charge >= 0.3 is 0 Å². The van der Waals surface area contributed by atoms with Gasteiger partial charge in [0, 0.05) is 12.6 Å². The van der Waals surface area contributed by atoms with Crippen LogP contribution in [0, 0.1) is 5.92 Å². The van der Waals surface area contributed by atoms with Crippen LogP contribution in [0.15, 0.2) is 23.1 Å². The smallest absolute Gasteiger partial charge is 0.240 e. The quantitative estimate of drug-likeness (QED) is 0.685. The lowest BCUT2D eigenvalue weighted by atomic mass is 9.99. The average molecular weight is 390 g/mol. The number of amides is 1. The topological polar surface area (TPSA) is 96.5 Å². The lowest BCUT2D eigenvalue weighted by molar-refractivity contribution is -0.120. The lowest BCUT2D eigenvalue weighted by Crippen LogP contribution is -2.37. The molecule has 2 fully saturated rings. The Labute approximate surface area is 154 Å². The van der Waals surface area contributed by atoms with E-state index in [2.05, 4.69) is 15.4 Å². The zero-order chi connectivity index (χ0) is 17.2. The summed E-state index contributed by atoms with van der Waals surface area (Å²) >= 11 is 0. The molecule has 1 aromatic carbocycles. The van der Waals surface area contributed by atoms with Crippen LogP contribution in [0.1, 0.15) is 25.7 Å². The predicted molar refractivity (Wildman–Crippen MR) is 97.8 cm³/mol. The van der Waals surface area contributed by atoms with E-state index in [0.717, 1.165) is 32.2 Å². The van der Waals surface area contributed by atoms with Crippen LogP contribution in [-0.4, -0.2) is 40.6 Å². The van der Waals surface area contributed by atoms with E-state index in [1.165, 1.54) is 19.2 Å². The zero-order valence-corrected chi connectivity index (χ0v) is 15.7. The van der Waals surface area contributed by atoms with Crippen LogP contribution < -0.4 is 20.1 Å². The zero-order valence-electron chi connectivity index (χ0n) is 14.1. The molecule has 1 atom stereocenters. The second-order valence-electron chi connectivity index (χ2n) is 6.29. The van der Waals surface area contributed by atoms with Gasteiger partial charge in [0.15, 0.2) is 0 Å². The highest BCUT2D eigenvalue weighted by Crippen LogP contribution is 2.29. The number of hydrogen-bond acceptors (Lipinski definition) is 5. The van der Waals surface area contributed by atoms with Gasteiger partial charge in [0.25, 0.3) is 0 Å². The summed E-state index contributed by atoms with van der Waals surface area (Å²) in [6.45, 7) is 1.56. The van der Waals surface area contributed by atoms with Gasteiger partial charge in [-0.3, -0.25) is 4.79 Å². The van der Waals surface area contributed by atoms with Crippen molar-refractivity contribution in [3.63, 3.8) is 0 Å². The van der Waals surface area contributed by atoms with Crippen LogP contribution in [0.4, 0.5) is 5.69 Å². The third-order valence-electron chi connectivity index (χ3n) is 4.31. The molecule has 25 heavy (non-hydrogen) atoms. The number of sulfonamides is 1. The molecule has 0 bridgehead atoms. The van der Waals surface area contributed by atoms with E-state index in [9.17, 15) is 13.2 Å². The molecule has 7 nitrogen and oxygen atoms in total. The second-order valence-corrected chi connectivity index (χ2v) is 8.00. The first-order valence-corrected chi connectivity index (χ1v) is 9.70. The molecule has 3 rings (SSSR count). The van der Waals surface area contributed by atoms with Gasteiger partial charge in [-0.05, 0) is 50.4 Å². The number of anilines is 1. The van der Waals surface area contributed by atoms with Crippen molar-refractivity contribution >= 4 is 34.0 Å². The van der Waals surface area contributed by atoms with Gasteiger partial charge in [0.2, 0.25) is 15.9 Å². The van der Waals surface area contributed by atoms with E-state index in [-0.39, 0.29) is 35.2 Å². The van der Waals surface area contributed by atoms with Gasteiger partial charge in [-0.25, -0.2) is 13.1 Å².